The van der Waals surface area contributed by atoms with Crippen LogP contribution in [0.5, 0.6) is 0 Å². The molecule has 28 heavy (non-hydrogen) atoms. The first-order valence-corrected chi connectivity index (χ1v) is 9.50. The van der Waals surface area contributed by atoms with Gasteiger partial charge in [0.25, 0.3) is 0 Å². The molecule has 0 aliphatic carbocycles. The largest absolute Gasteiger partial charge is 0.478 e. The Kier molecular flexibility index (Phi) is 11.0. The molecule has 8 nitrogen and oxygen atoms in total. The molecule has 0 saturated carbocycles. The molecule has 154 valence electrons. The normalized spacial score (nSPS) is 16.4. The average Bonchev–Trinajstić information content (AvgIpc) is 3.07. The van der Waals surface area contributed by atoms with Crippen molar-refractivity contribution in [2.45, 2.75) is 51.4 Å². The lowest BCUT2D eigenvalue weighted by atomic mass is 10.1. The summed E-state index contributed by atoms with van der Waals surface area (Å²) in [6, 6.07) is 5.20. The highest BCUT2D eigenvalue weighted by molar-refractivity contribution is 5.93. The zero-order valence-electron chi connectivity index (χ0n) is 15.9. The molecule has 2 amide bonds. The maximum atomic E-state index is 10.6. The van der Waals surface area contributed by atoms with Crippen molar-refractivity contribution in [2.24, 2.45) is 0 Å². The second kappa shape index (κ2) is 13.3. The summed E-state index contributed by atoms with van der Waals surface area (Å²) in [4.78, 5) is 41.9. The van der Waals surface area contributed by atoms with Gasteiger partial charge in [-0.2, -0.15) is 0 Å². The van der Waals surface area contributed by atoms with Gasteiger partial charge >= 0.3 is 11.9 Å². The van der Waals surface area contributed by atoms with Crippen molar-refractivity contribution in [1.29, 1.82) is 0 Å². The molecule has 0 spiro atoms. The molecule has 0 radical (unpaired) electrons. The highest BCUT2D eigenvalue weighted by Gasteiger charge is 2.07. The van der Waals surface area contributed by atoms with E-state index >= 15 is 0 Å². The number of rotatable bonds is 2. The number of aromatic carboxylic acids is 2. The van der Waals surface area contributed by atoms with E-state index in [2.05, 4.69) is 10.6 Å². The Morgan fingerprint density at radius 3 is 1.54 bits per heavy atom. The molecule has 2 aliphatic rings. The first-order valence-electron chi connectivity index (χ1n) is 9.50. The molecule has 1 aromatic rings. The predicted octanol–water partition coefficient (Wildman–Crippen LogP) is 2.44. The minimum absolute atomic E-state index is 0.0186. The van der Waals surface area contributed by atoms with E-state index in [-0.39, 0.29) is 22.9 Å². The fourth-order valence-corrected chi connectivity index (χ4v) is 2.59. The van der Waals surface area contributed by atoms with Gasteiger partial charge in [-0.25, -0.2) is 9.59 Å². The van der Waals surface area contributed by atoms with Crippen LogP contribution in [-0.2, 0) is 9.59 Å². The zero-order chi connectivity index (χ0) is 20.8. The fourth-order valence-electron chi connectivity index (χ4n) is 2.59. The highest BCUT2D eigenvalue weighted by atomic mass is 16.4. The van der Waals surface area contributed by atoms with Gasteiger partial charge in [0.1, 0.15) is 0 Å². The molecule has 2 saturated heterocycles. The maximum absolute atomic E-state index is 10.6. The standard InChI is InChI=1S/C8H6O4.2C6H11NO/c9-7(10)5-2-1-3-6(4-5)8(11)12;2*8-6-4-2-1-3-5-7-6/h1-4H,(H,9,10)(H,11,12);2*1-5H2,(H,7,8). The zero-order valence-corrected chi connectivity index (χ0v) is 15.9. The number of carbonyl (C=O) groups is 4. The summed E-state index contributed by atoms with van der Waals surface area (Å²) in [6.07, 6.45) is 8.35. The summed E-state index contributed by atoms with van der Waals surface area (Å²) in [5, 5.41) is 22.6. The maximum Gasteiger partial charge on any atom is 0.335 e. The van der Waals surface area contributed by atoms with Crippen molar-refractivity contribution in [3.63, 3.8) is 0 Å². The number of hydrogen-bond acceptors (Lipinski definition) is 4. The first kappa shape index (κ1) is 23.1. The van der Waals surface area contributed by atoms with Crippen LogP contribution in [0.2, 0.25) is 0 Å². The van der Waals surface area contributed by atoms with Crippen molar-refractivity contribution in [3.05, 3.63) is 35.4 Å². The summed E-state index contributed by atoms with van der Waals surface area (Å²) in [5.74, 6) is -1.80. The Bertz CT molecular complexity index is 601. The minimum atomic E-state index is -1.13. The first-order chi connectivity index (χ1) is 13.4. The molecule has 3 rings (SSSR count). The molecule has 0 unspecified atom stereocenters. The molecule has 1 aromatic carbocycles. The fraction of sp³-hybridized carbons (Fsp3) is 0.500. The molecule has 0 atom stereocenters. The van der Waals surface area contributed by atoms with Gasteiger partial charge in [-0.05, 0) is 43.9 Å². The van der Waals surface area contributed by atoms with Gasteiger partial charge in [0, 0.05) is 25.9 Å². The number of amides is 2. The van der Waals surface area contributed by atoms with E-state index < -0.39 is 11.9 Å². The van der Waals surface area contributed by atoms with Gasteiger partial charge in [-0.15, -0.1) is 0 Å². The molecule has 2 fully saturated rings. The summed E-state index contributed by atoms with van der Waals surface area (Å²) in [5.41, 5.74) is -0.0372. The quantitative estimate of drug-likeness (QED) is 0.611. The van der Waals surface area contributed by atoms with E-state index in [4.69, 9.17) is 10.2 Å². The summed E-state index contributed by atoms with van der Waals surface area (Å²) >= 11 is 0. The second-order valence-electron chi connectivity index (χ2n) is 6.51. The number of hydrogen-bond donors (Lipinski definition) is 4. The lowest BCUT2D eigenvalue weighted by Crippen LogP contribution is -2.21. The molecule has 8 heteroatoms. The van der Waals surface area contributed by atoms with Crippen molar-refractivity contribution < 1.29 is 29.4 Å². The van der Waals surface area contributed by atoms with Crippen LogP contribution in [0, 0.1) is 0 Å². The molecule has 4 N–H and O–H groups in total. The number of carboxylic acid groups (broad SMARTS) is 2. The number of benzene rings is 1. The molecular weight excluding hydrogens is 364 g/mol. The van der Waals surface area contributed by atoms with Gasteiger partial charge in [-0.3, -0.25) is 9.59 Å². The van der Waals surface area contributed by atoms with Crippen LogP contribution >= 0.6 is 0 Å². The Morgan fingerprint density at radius 2 is 1.14 bits per heavy atom. The summed E-state index contributed by atoms with van der Waals surface area (Å²) < 4.78 is 0. The third-order valence-electron chi connectivity index (χ3n) is 4.16. The molecule has 2 aliphatic heterocycles. The van der Waals surface area contributed by atoms with Crippen LogP contribution in [0.1, 0.15) is 72.1 Å². The van der Waals surface area contributed by atoms with Crippen LogP contribution in [-0.4, -0.2) is 47.1 Å². The number of nitrogens with one attached hydrogen (secondary N) is 2. The van der Waals surface area contributed by atoms with Gasteiger partial charge < -0.3 is 20.8 Å². The van der Waals surface area contributed by atoms with E-state index in [1.54, 1.807) is 0 Å². The van der Waals surface area contributed by atoms with Crippen LogP contribution in [0.4, 0.5) is 0 Å². The van der Waals surface area contributed by atoms with Crippen molar-refractivity contribution in [2.75, 3.05) is 13.1 Å². The summed E-state index contributed by atoms with van der Waals surface area (Å²) in [7, 11) is 0. The number of carboxylic acids is 2. The molecule has 0 bridgehead atoms. The van der Waals surface area contributed by atoms with Crippen LogP contribution in [0.15, 0.2) is 24.3 Å². The molecule has 0 aromatic heterocycles. The summed E-state index contributed by atoms with van der Waals surface area (Å²) in [6.45, 7) is 1.78. The van der Waals surface area contributed by atoms with Gasteiger partial charge in [-0.1, -0.05) is 18.9 Å². The van der Waals surface area contributed by atoms with E-state index in [0.717, 1.165) is 57.7 Å². The van der Waals surface area contributed by atoms with Gasteiger partial charge in [0.15, 0.2) is 0 Å². The van der Waals surface area contributed by atoms with Gasteiger partial charge in [0.2, 0.25) is 11.8 Å². The Hall–Kier alpha value is -2.90. The highest BCUT2D eigenvalue weighted by Crippen LogP contribution is 2.05. The average molecular weight is 392 g/mol. The van der Waals surface area contributed by atoms with Crippen molar-refractivity contribution in [1.82, 2.24) is 10.6 Å². The van der Waals surface area contributed by atoms with E-state index in [1.807, 2.05) is 0 Å². The van der Waals surface area contributed by atoms with E-state index in [9.17, 15) is 19.2 Å². The molecule has 2 heterocycles. The second-order valence-corrected chi connectivity index (χ2v) is 6.51. The minimum Gasteiger partial charge on any atom is -0.478 e. The lowest BCUT2D eigenvalue weighted by molar-refractivity contribution is -0.121. The third kappa shape index (κ3) is 10.3. The Balaban J connectivity index is 0.000000217. The predicted molar refractivity (Wildman–Crippen MR) is 103 cm³/mol. The van der Waals surface area contributed by atoms with Crippen molar-refractivity contribution in [3.8, 4) is 0 Å². The lowest BCUT2D eigenvalue weighted by Gasteiger charge is -1.95. The smallest absolute Gasteiger partial charge is 0.335 e. The third-order valence-corrected chi connectivity index (χ3v) is 4.16. The molecular formula is C20H28N2O6. The van der Waals surface area contributed by atoms with E-state index in [0.29, 0.717) is 0 Å². The Morgan fingerprint density at radius 1 is 0.714 bits per heavy atom. The SMILES string of the molecule is O=C(O)c1cccc(C(=O)O)c1.O=C1CCCCCN1.O=C1CCCCCN1. The van der Waals surface area contributed by atoms with Crippen LogP contribution in [0.3, 0.4) is 0 Å². The number of carbonyl (C=O) groups excluding carboxylic acids is 2. The van der Waals surface area contributed by atoms with Crippen molar-refractivity contribution >= 4 is 23.8 Å². The van der Waals surface area contributed by atoms with Crippen LogP contribution < -0.4 is 10.6 Å². The topological polar surface area (TPSA) is 133 Å². The Labute approximate surface area is 164 Å². The monoisotopic (exact) mass is 392 g/mol. The van der Waals surface area contributed by atoms with E-state index in [1.165, 1.54) is 31.0 Å². The van der Waals surface area contributed by atoms with Crippen LogP contribution in [0.25, 0.3) is 0 Å². The van der Waals surface area contributed by atoms with Gasteiger partial charge in [0.05, 0.1) is 11.1 Å².